The molecule has 4 nitrogen and oxygen atoms in total. The maximum Gasteiger partial charge on any atom is 0.328 e. The minimum atomic E-state index is -1.03. The van der Waals surface area contributed by atoms with Crippen LogP contribution in [0.2, 0.25) is 0 Å². The van der Waals surface area contributed by atoms with Gasteiger partial charge in [0.1, 0.15) is 5.82 Å². The van der Waals surface area contributed by atoms with Crippen LogP contribution < -0.4 is 4.90 Å². The fourth-order valence-corrected chi connectivity index (χ4v) is 2.75. The van der Waals surface area contributed by atoms with Crippen molar-refractivity contribution in [2.24, 2.45) is 0 Å². The maximum atomic E-state index is 14.3. The van der Waals surface area contributed by atoms with E-state index in [4.69, 9.17) is 5.11 Å². The second-order valence-corrected chi connectivity index (χ2v) is 5.34. The van der Waals surface area contributed by atoms with E-state index in [1.165, 1.54) is 12.1 Å². The summed E-state index contributed by atoms with van der Waals surface area (Å²) in [7, 11) is 2.08. The first kappa shape index (κ1) is 15.5. The minimum absolute atomic E-state index is 0.304. The monoisotopic (exact) mass is 292 g/mol. The molecule has 1 aliphatic rings. The van der Waals surface area contributed by atoms with Crippen LogP contribution in [0.25, 0.3) is 6.08 Å². The molecule has 1 aliphatic heterocycles. The summed E-state index contributed by atoms with van der Waals surface area (Å²) in [5.74, 6) is -1.34. The van der Waals surface area contributed by atoms with E-state index in [0.29, 0.717) is 17.3 Å². The summed E-state index contributed by atoms with van der Waals surface area (Å²) in [5.41, 5.74) is 1.11. The molecule has 0 radical (unpaired) electrons. The van der Waals surface area contributed by atoms with Crippen molar-refractivity contribution in [2.45, 2.75) is 19.4 Å². The first-order chi connectivity index (χ1) is 10.0. The van der Waals surface area contributed by atoms with Gasteiger partial charge in [0.05, 0.1) is 5.69 Å². The van der Waals surface area contributed by atoms with Crippen molar-refractivity contribution < 1.29 is 14.3 Å². The van der Waals surface area contributed by atoms with Crippen molar-refractivity contribution in [3.05, 3.63) is 35.7 Å². The Balaban J connectivity index is 2.32. The zero-order chi connectivity index (χ0) is 15.4. The fraction of sp³-hybridized carbons (Fsp3) is 0.438. The number of piperazine rings is 1. The van der Waals surface area contributed by atoms with Crippen molar-refractivity contribution in [3.63, 3.8) is 0 Å². The Hall–Kier alpha value is -1.88. The topological polar surface area (TPSA) is 43.8 Å². The number of likely N-dealkylation sites (N-methyl/N-ethyl adjacent to an activating group) is 1. The van der Waals surface area contributed by atoms with Crippen molar-refractivity contribution in [1.29, 1.82) is 0 Å². The average Bonchev–Trinajstić information content (AvgIpc) is 2.46. The molecule has 21 heavy (non-hydrogen) atoms. The SMILES string of the molecule is CCC1CN(c2c(F)cccc2/C=C/C(=O)O)CCN1C. The van der Waals surface area contributed by atoms with Gasteiger partial charge in [0, 0.05) is 37.3 Å². The van der Waals surface area contributed by atoms with Crippen molar-refractivity contribution in [3.8, 4) is 0 Å². The third-order valence-electron chi connectivity index (χ3n) is 3.99. The number of halogens is 1. The van der Waals surface area contributed by atoms with E-state index in [1.54, 1.807) is 12.1 Å². The van der Waals surface area contributed by atoms with E-state index in [2.05, 4.69) is 18.9 Å². The molecule has 1 unspecified atom stereocenters. The zero-order valence-corrected chi connectivity index (χ0v) is 12.4. The zero-order valence-electron chi connectivity index (χ0n) is 12.4. The molecule has 1 saturated heterocycles. The van der Waals surface area contributed by atoms with Gasteiger partial charge >= 0.3 is 5.97 Å². The lowest BCUT2D eigenvalue weighted by Crippen LogP contribution is -2.51. The molecule has 0 spiro atoms. The van der Waals surface area contributed by atoms with Gasteiger partial charge in [0.2, 0.25) is 0 Å². The van der Waals surface area contributed by atoms with Crippen molar-refractivity contribution in [1.82, 2.24) is 4.90 Å². The number of carboxylic acids is 1. The summed E-state index contributed by atoms with van der Waals surface area (Å²) in [6.45, 7) is 4.48. The standard InChI is InChI=1S/C16H21FN2O2/c1-3-13-11-19(10-9-18(13)2)16-12(7-8-15(20)21)5-4-6-14(16)17/h4-8,13H,3,9-11H2,1-2H3,(H,20,21)/b8-7+. The van der Waals surface area contributed by atoms with E-state index in [1.807, 2.05) is 4.90 Å². The van der Waals surface area contributed by atoms with Crippen LogP contribution in [0, 0.1) is 5.82 Å². The lowest BCUT2D eigenvalue weighted by Gasteiger charge is -2.41. The Morgan fingerprint density at radius 1 is 1.48 bits per heavy atom. The predicted octanol–water partition coefficient (Wildman–Crippen LogP) is 2.45. The summed E-state index contributed by atoms with van der Waals surface area (Å²) < 4.78 is 14.3. The van der Waals surface area contributed by atoms with Gasteiger partial charge in [-0.2, -0.15) is 0 Å². The molecule has 1 N–H and O–H groups in total. The Morgan fingerprint density at radius 2 is 2.24 bits per heavy atom. The van der Waals surface area contributed by atoms with Gasteiger partial charge in [0.15, 0.2) is 0 Å². The molecular weight excluding hydrogens is 271 g/mol. The van der Waals surface area contributed by atoms with Crippen LogP contribution in [0.15, 0.2) is 24.3 Å². The summed E-state index contributed by atoms with van der Waals surface area (Å²) in [4.78, 5) is 15.0. The van der Waals surface area contributed by atoms with Gasteiger partial charge in [-0.25, -0.2) is 9.18 Å². The molecule has 1 fully saturated rings. The van der Waals surface area contributed by atoms with Gasteiger partial charge in [-0.05, 0) is 25.6 Å². The van der Waals surface area contributed by atoms with Gasteiger partial charge < -0.3 is 10.0 Å². The van der Waals surface area contributed by atoms with E-state index in [9.17, 15) is 9.18 Å². The van der Waals surface area contributed by atoms with Crippen molar-refractivity contribution >= 4 is 17.7 Å². The number of nitrogens with zero attached hydrogens (tertiary/aromatic N) is 2. The molecule has 1 aromatic carbocycles. The molecule has 2 rings (SSSR count). The molecule has 0 amide bonds. The first-order valence-electron chi connectivity index (χ1n) is 7.17. The molecule has 0 saturated carbocycles. The molecule has 1 aromatic rings. The predicted molar refractivity (Wildman–Crippen MR) is 82.0 cm³/mol. The molecule has 114 valence electrons. The number of para-hydroxylation sites is 1. The number of carbonyl (C=O) groups is 1. The number of hydrogen-bond acceptors (Lipinski definition) is 3. The average molecular weight is 292 g/mol. The number of rotatable bonds is 4. The van der Waals surface area contributed by atoms with E-state index < -0.39 is 5.97 Å². The van der Waals surface area contributed by atoms with Crippen LogP contribution in [0.3, 0.4) is 0 Å². The van der Waals surface area contributed by atoms with Crippen LogP contribution in [-0.4, -0.2) is 48.7 Å². The number of anilines is 1. The molecular formula is C16H21FN2O2. The summed E-state index contributed by atoms with van der Waals surface area (Å²) in [6.07, 6.45) is 3.51. The Kier molecular flexibility index (Phi) is 4.96. The van der Waals surface area contributed by atoms with Gasteiger partial charge in [-0.3, -0.25) is 4.90 Å². The van der Waals surface area contributed by atoms with E-state index >= 15 is 0 Å². The van der Waals surface area contributed by atoms with Crippen LogP contribution in [-0.2, 0) is 4.79 Å². The smallest absolute Gasteiger partial charge is 0.328 e. The molecule has 0 bridgehead atoms. The second-order valence-electron chi connectivity index (χ2n) is 5.34. The van der Waals surface area contributed by atoms with Gasteiger partial charge in [-0.1, -0.05) is 19.1 Å². The van der Waals surface area contributed by atoms with Crippen molar-refractivity contribution in [2.75, 3.05) is 31.6 Å². The number of aliphatic carboxylic acids is 1. The third kappa shape index (κ3) is 3.61. The fourth-order valence-electron chi connectivity index (χ4n) is 2.75. The lowest BCUT2D eigenvalue weighted by molar-refractivity contribution is -0.131. The molecule has 1 heterocycles. The molecule has 1 atom stereocenters. The van der Waals surface area contributed by atoms with E-state index in [0.717, 1.165) is 32.1 Å². The molecule has 5 heteroatoms. The lowest BCUT2D eigenvalue weighted by atomic mass is 10.1. The normalized spacial score (nSPS) is 20.1. The Labute approximate surface area is 124 Å². The van der Waals surface area contributed by atoms with Crippen LogP contribution in [0.4, 0.5) is 10.1 Å². The summed E-state index contributed by atoms with van der Waals surface area (Å²) in [6, 6.07) is 5.16. The van der Waals surface area contributed by atoms with Crippen LogP contribution >= 0.6 is 0 Å². The third-order valence-corrected chi connectivity index (χ3v) is 3.99. The molecule has 0 aromatic heterocycles. The molecule has 0 aliphatic carbocycles. The number of hydrogen-bond donors (Lipinski definition) is 1. The van der Waals surface area contributed by atoms with E-state index in [-0.39, 0.29) is 5.82 Å². The van der Waals surface area contributed by atoms with Crippen LogP contribution in [0.5, 0.6) is 0 Å². The summed E-state index contributed by atoms with van der Waals surface area (Å²) in [5, 5.41) is 8.76. The highest BCUT2D eigenvalue weighted by Gasteiger charge is 2.25. The summed E-state index contributed by atoms with van der Waals surface area (Å²) >= 11 is 0. The Bertz CT molecular complexity index is 545. The van der Waals surface area contributed by atoms with Gasteiger partial charge in [-0.15, -0.1) is 0 Å². The minimum Gasteiger partial charge on any atom is -0.478 e. The van der Waals surface area contributed by atoms with Gasteiger partial charge in [0.25, 0.3) is 0 Å². The highest BCUT2D eigenvalue weighted by Crippen LogP contribution is 2.28. The highest BCUT2D eigenvalue weighted by atomic mass is 19.1. The quantitative estimate of drug-likeness (QED) is 0.866. The Morgan fingerprint density at radius 3 is 2.90 bits per heavy atom. The number of carboxylic acid groups (broad SMARTS) is 1. The maximum absolute atomic E-state index is 14.3. The highest BCUT2D eigenvalue weighted by molar-refractivity contribution is 5.87. The first-order valence-corrected chi connectivity index (χ1v) is 7.17. The van der Waals surface area contributed by atoms with Crippen LogP contribution in [0.1, 0.15) is 18.9 Å². The largest absolute Gasteiger partial charge is 0.478 e. The number of benzene rings is 1. The second kappa shape index (κ2) is 6.72.